The summed E-state index contributed by atoms with van der Waals surface area (Å²) in [5, 5.41) is 3.44. The molecule has 9 nitrogen and oxygen atoms in total. The van der Waals surface area contributed by atoms with Crippen LogP contribution in [-0.4, -0.2) is 76.6 Å². The van der Waals surface area contributed by atoms with E-state index in [2.05, 4.69) is 42.9 Å². The molecule has 2 aromatic carbocycles. The quantitative estimate of drug-likeness (QED) is 0.336. The van der Waals surface area contributed by atoms with Gasteiger partial charge >= 0.3 is 0 Å². The zero-order chi connectivity index (χ0) is 29.4. The molecule has 42 heavy (non-hydrogen) atoms. The highest BCUT2D eigenvalue weighted by molar-refractivity contribution is 6.06. The summed E-state index contributed by atoms with van der Waals surface area (Å²) in [5.74, 6) is -1.63. The number of nitrogens with two attached hydrogens (primary N) is 1. The summed E-state index contributed by atoms with van der Waals surface area (Å²) in [7, 11) is 3.68. The lowest BCUT2D eigenvalue weighted by Gasteiger charge is -2.41. The van der Waals surface area contributed by atoms with Gasteiger partial charge in [-0.3, -0.25) is 9.69 Å². The van der Waals surface area contributed by atoms with Crippen molar-refractivity contribution in [1.82, 2.24) is 24.3 Å². The topological polar surface area (TPSA) is 102 Å². The largest absolute Gasteiger partial charge is 0.495 e. The molecule has 11 heteroatoms. The van der Waals surface area contributed by atoms with Crippen molar-refractivity contribution in [3.63, 3.8) is 0 Å². The first-order chi connectivity index (χ1) is 20.3. The van der Waals surface area contributed by atoms with Gasteiger partial charge in [0, 0.05) is 56.1 Å². The number of aromatic nitrogens is 3. The van der Waals surface area contributed by atoms with Gasteiger partial charge in [0.15, 0.2) is 0 Å². The number of carbonyl (C=O) groups excluding carboxylic acids is 1. The molecule has 0 bridgehead atoms. The van der Waals surface area contributed by atoms with Crippen molar-refractivity contribution in [2.45, 2.75) is 37.8 Å². The summed E-state index contributed by atoms with van der Waals surface area (Å²) in [4.78, 5) is 26.7. The van der Waals surface area contributed by atoms with Crippen molar-refractivity contribution >= 4 is 28.4 Å². The lowest BCUT2D eigenvalue weighted by molar-refractivity contribution is 0.0828. The lowest BCUT2D eigenvalue weighted by Crippen LogP contribution is -2.49. The van der Waals surface area contributed by atoms with Crippen LogP contribution in [0.15, 0.2) is 48.9 Å². The van der Waals surface area contributed by atoms with Crippen LogP contribution in [0, 0.1) is 11.6 Å². The van der Waals surface area contributed by atoms with Crippen LogP contribution in [0.5, 0.6) is 5.75 Å². The van der Waals surface area contributed by atoms with E-state index in [0.29, 0.717) is 35.4 Å². The lowest BCUT2D eigenvalue weighted by atomic mass is 9.89. The Hall–Kier alpha value is -4.09. The van der Waals surface area contributed by atoms with Gasteiger partial charge < -0.3 is 25.3 Å². The molecule has 6 rings (SSSR count). The Morgan fingerprint density at radius 1 is 1.00 bits per heavy atom. The molecular formula is C31H35F2N7O2. The third-order valence-corrected chi connectivity index (χ3v) is 8.69. The van der Waals surface area contributed by atoms with Crippen LogP contribution < -0.4 is 15.8 Å². The number of ether oxygens (including phenoxy) is 1. The number of amides is 1. The number of carbonyl (C=O) groups is 1. The molecule has 2 fully saturated rings. The number of rotatable bonds is 6. The molecule has 2 aromatic heterocycles. The molecule has 1 saturated heterocycles. The van der Waals surface area contributed by atoms with Crippen LogP contribution >= 0.6 is 0 Å². The highest BCUT2D eigenvalue weighted by atomic mass is 19.1. The average Bonchev–Trinajstić information content (AvgIpc) is 3.39. The average molecular weight is 576 g/mol. The van der Waals surface area contributed by atoms with E-state index >= 15 is 0 Å². The van der Waals surface area contributed by atoms with Crippen molar-refractivity contribution in [2.24, 2.45) is 0 Å². The third-order valence-electron chi connectivity index (χ3n) is 8.69. The molecule has 1 aliphatic carbocycles. The van der Waals surface area contributed by atoms with Gasteiger partial charge in [-0.25, -0.2) is 18.7 Å². The molecule has 3 heterocycles. The first-order valence-electron chi connectivity index (χ1n) is 14.3. The van der Waals surface area contributed by atoms with Gasteiger partial charge in [-0.05, 0) is 62.6 Å². The normalized spacial score (nSPS) is 20.1. The summed E-state index contributed by atoms with van der Waals surface area (Å²) in [6.45, 7) is 4.50. The number of hydrogen-bond donors (Lipinski definition) is 2. The number of methoxy groups -OCH3 is 1. The van der Waals surface area contributed by atoms with Crippen LogP contribution in [0.2, 0.25) is 0 Å². The maximum absolute atomic E-state index is 14.2. The van der Waals surface area contributed by atoms with Crippen LogP contribution in [-0.2, 0) is 0 Å². The predicted molar refractivity (Wildman–Crippen MR) is 159 cm³/mol. The first-order valence-corrected chi connectivity index (χ1v) is 14.3. The molecule has 0 atom stereocenters. The molecule has 0 spiro atoms. The van der Waals surface area contributed by atoms with Crippen molar-refractivity contribution in [3.8, 4) is 16.9 Å². The highest BCUT2D eigenvalue weighted by Gasteiger charge is 2.30. The van der Waals surface area contributed by atoms with Crippen molar-refractivity contribution in [1.29, 1.82) is 0 Å². The summed E-state index contributed by atoms with van der Waals surface area (Å²) < 4.78 is 35.3. The molecule has 220 valence electrons. The Morgan fingerprint density at radius 2 is 1.74 bits per heavy atom. The number of likely N-dealkylation sites (N-methyl/N-ethyl adjacent to an activating group) is 1. The van der Waals surface area contributed by atoms with Crippen LogP contribution in [0.25, 0.3) is 22.2 Å². The van der Waals surface area contributed by atoms with Gasteiger partial charge in [-0.1, -0.05) is 6.07 Å². The van der Waals surface area contributed by atoms with Crippen LogP contribution in [0.1, 0.15) is 42.1 Å². The Labute approximate surface area is 243 Å². The van der Waals surface area contributed by atoms with E-state index in [9.17, 15) is 13.6 Å². The number of halogens is 2. The van der Waals surface area contributed by atoms with E-state index in [0.717, 1.165) is 86.2 Å². The first kappa shape index (κ1) is 28.0. The minimum absolute atomic E-state index is 0.266. The van der Waals surface area contributed by atoms with Crippen molar-refractivity contribution in [3.05, 3.63) is 66.1 Å². The molecule has 1 saturated carbocycles. The van der Waals surface area contributed by atoms with Gasteiger partial charge in [-0.15, -0.1) is 0 Å². The summed E-state index contributed by atoms with van der Waals surface area (Å²) in [6, 6.07) is 9.07. The second-order valence-electron chi connectivity index (χ2n) is 11.2. The maximum Gasteiger partial charge on any atom is 0.258 e. The molecule has 0 unspecified atom stereocenters. The highest BCUT2D eigenvalue weighted by Crippen LogP contribution is 2.40. The Kier molecular flexibility index (Phi) is 7.78. The Bertz CT molecular complexity index is 1610. The van der Waals surface area contributed by atoms with E-state index in [-0.39, 0.29) is 5.56 Å². The zero-order valence-electron chi connectivity index (χ0n) is 23.8. The second-order valence-corrected chi connectivity index (χ2v) is 11.2. The number of nitrogen functional groups attached to an aromatic ring is 1. The van der Waals surface area contributed by atoms with Gasteiger partial charge in [0.05, 0.1) is 23.7 Å². The van der Waals surface area contributed by atoms with E-state index in [4.69, 9.17) is 10.5 Å². The second kappa shape index (κ2) is 11.7. The fourth-order valence-corrected chi connectivity index (χ4v) is 6.32. The SMILES string of the molecule is COc1cc(-c2cn(C3CCC(N4CCN(C)CC4)CC3)c3ncnc(N)c23)ccc1NC(=O)c1ccc(F)cc1F. The summed E-state index contributed by atoms with van der Waals surface area (Å²) in [6.07, 6.45) is 7.98. The van der Waals surface area contributed by atoms with Crippen molar-refractivity contribution < 1.29 is 18.3 Å². The zero-order valence-corrected chi connectivity index (χ0v) is 23.8. The predicted octanol–water partition coefficient (Wildman–Crippen LogP) is 4.95. The number of fused-ring (bicyclic) bond motifs is 1. The number of piperazine rings is 1. The number of nitrogens with zero attached hydrogens (tertiary/aromatic N) is 5. The van der Waals surface area contributed by atoms with E-state index < -0.39 is 17.5 Å². The summed E-state index contributed by atoms with van der Waals surface area (Å²) in [5.41, 5.74) is 8.96. The minimum atomic E-state index is -0.941. The maximum atomic E-state index is 14.2. The Balaban J connectivity index is 1.26. The van der Waals surface area contributed by atoms with E-state index in [1.165, 1.54) is 13.4 Å². The van der Waals surface area contributed by atoms with Crippen molar-refractivity contribution in [2.75, 3.05) is 51.4 Å². The monoisotopic (exact) mass is 575 g/mol. The van der Waals surface area contributed by atoms with Crippen LogP contribution in [0.4, 0.5) is 20.3 Å². The number of benzene rings is 2. The number of hydrogen-bond acceptors (Lipinski definition) is 7. The fraction of sp³-hybridized carbons (Fsp3) is 0.387. The molecule has 1 aliphatic heterocycles. The van der Waals surface area contributed by atoms with Crippen LogP contribution in [0.3, 0.4) is 0 Å². The standard InChI is InChI=1S/C31H35F2N7O2/c1-38-11-13-39(14-12-38)21-5-7-22(8-6-21)40-17-24(28-29(34)35-18-36-30(28)40)19-3-10-26(27(15-19)42-2)37-31(41)23-9-4-20(32)16-25(23)33/h3-4,9-10,15-18,21-22H,5-8,11-14H2,1-2H3,(H,37,41)(H2,34,35,36). The third kappa shape index (κ3) is 5.41. The fourth-order valence-electron chi connectivity index (χ4n) is 6.32. The molecule has 2 aliphatic rings. The van der Waals surface area contributed by atoms with Gasteiger partial charge in [0.25, 0.3) is 5.91 Å². The molecule has 0 radical (unpaired) electrons. The van der Waals surface area contributed by atoms with Gasteiger partial charge in [0.2, 0.25) is 0 Å². The van der Waals surface area contributed by atoms with E-state index in [1.54, 1.807) is 12.1 Å². The minimum Gasteiger partial charge on any atom is -0.495 e. The number of anilines is 2. The van der Waals surface area contributed by atoms with Gasteiger partial charge in [0.1, 0.15) is 35.2 Å². The number of nitrogens with one attached hydrogen (secondary N) is 1. The Morgan fingerprint density at radius 3 is 2.45 bits per heavy atom. The van der Waals surface area contributed by atoms with E-state index in [1.807, 2.05) is 6.07 Å². The molecule has 4 aromatic rings. The molecule has 3 N–H and O–H groups in total. The molecule has 1 amide bonds. The van der Waals surface area contributed by atoms with Gasteiger partial charge in [-0.2, -0.15) is 0 Å². The summed E-state index contributed by atoms with van der Waals surface area (Å²) >= 11 is 0. The molecular weight excluding hydrogens is 540 g/mol. The smallest absolute Gasteiger partial charge is 0.258 e.